The van der Waals surface area contributed by atoms with E-state index in [4.69, 9.17) is 4.74 Å². The van der Waals surface area contributed by atoms with E-state index in [2.05, 4.69) is 9.47 Å². The number of ether oxygens (including phenoxy) is 3. The normalized spacial score (nSPS) is 11.8. The summed E-state index contributed by atoms with van der Waals surface area (Å²) in [4.78, 5) is 22.9. The van der Waals surface area contributed by atoms with Crippen molar-refractivity contribution in [2.45, 2.75) is 13.1 Å². The average molecular weight is 350 g/mol. The van der Waals surface area contributed by atoms with Crippen molar-refractivity contribution in [2.24, 2.45) is 0 Å². The van der Waals surface area contributed by atoms with Crippen molar-refractivity contribution < 1.29 is 41.4 Å². The molecule has 1 rings (SSSR count). The Bertz CT molecular complexity index is 637. The molecule has 0 amide bonds. The molecule has 0 radical (unpaired) electrons. The van der Waals surface area contributed by atoms with Crippen LogP contribution in [0.15, 0.2) is 24.3 Å². The van der Waals surface area contributed by atoms with Crippen molar-refractivity contribution in [2.75, 3.05) is 20.3 Å². The third kappa shape index (κ3) is 6.27. The molecular weight excluding hydrogens is 336 g/mol. The number of alkyl halides is 3. The van der Waals surface area contributed by atoms with Gasteiger partial charge in [-0.25, -0.2) is 9.18 Å². The van der Waals surface area contributed by atoms with Gasteiger partial charge < -0.3 is 14.2 Å². The topological polar surface area (TPSA) is 61.8 Å². The number of rotatable bonds is 7. The lowest BCUT2D eigenvalue weighted by molar-refractivity contribution is -0.153. The SMILES string of the molecule is CCOC(=O)C(=O)/C=C(\OC)c1cc(F)cc(OCC(F)(F)F)c1. The molecule has 1 aromatic carbocycles. The van der Waals surface area contributed by atoms with E-state index in [1.54, 1.807) is 0 Å². The number of carbonyl (C=O) groups excluding carboxylic acids is 2. The standard InChI is InChI=1S/C15H14F4O5/c1-3-23-14(21)12(20)7-13(22-2)9-4-10(16)6-11(5-9)24-8-15(17,18)19/h4-7H,3,8H2,1-2H3/b13-7-. The minimum absolute atomic E-state index is 0.0177. The third-order valence-corrected chi connectivity index (χ3v) is 2.52. The minimum atomic E-state index is -4.59. The first-order valence-electron chi connectivity index (χ1n) is 6.63. The van der Waals surface area contributed by atoms with Crippen molar-refractivity contribution in [3.05, 3.63) is 35.7 Å². The fourth-order valence-corrected chi connectivity index (χ4v) is 1.59. The molecule has 0 aliphatic rings. The van der Waals surface area contributed by atoms with E-state index < -0.39 is 36.1 Å². The van der Waals surface area contributed by atoms with Crippen molar-refractivity contribution in [3.8, 4) is 5.75 Å². The molecule has 0 saturated carbocycles. The molecule has 0 fully saturated rings. The smallest absolute Gasteiger partial charge is 0.422 e. The highest BCUT2D eigenvalue weighted by Gasteiger charge is 2.28. The Morgan fingerprint density at radius 1 is 1.21 bits per heavy atom. The van der Waals surface area contributed by atoms with Crippen LogP contribution in [0.3, 0.4) is 0 Å². The van der Waals surface area contributed by atoms with E-state index in [0.717, 1.165) is 31.4 Å². The Kier molecular flexibility index (Phi) is 6.75. The second kappa shape index (κ2) is 8.32. The molecule has 9 heteroatoms. The van der Waals surface area contributed by atoms with Gasteiger partial charge in [-0.1, -0.05) is 0 Å². The second-order valence-corrected chi connectivity index (χ2v) is 4.38. The maximum Gasteiger partial charge on any atom is 0.422 e. The Morgan fingerprint density at radius 2 is 1.88 bits per heavy atom. The lowest BCUT2D eigenvalue weighted by atomic mass is 10.1. The first kappa shape index (κ1) is 19.5. The van der Waals surface area contributed by atoms with E-state index in [-0.39, 0.29) is 17.9 Å². The number of methoxy groups -OCH3 is 1. The molecule has 0 N–H and O–H groups in total. The van der Waals surface area contributed by atoms with Crippen molar-refractivity contribution in [3.63, 3.8) is 0 Å². The summed E-state index contributed by atoms with van der Waals surface area (Å²) in [6.07, 6.45) is -3.84. The highest BCUT2D eigenvalue weighted by atomic mass is 19.4. The Labute approximate surface area is 134 Å². The number of esters is 1. The maximum atomic E-state index is 13.5. The van der Waals surface area contributed by atoms with Gasteiger partial charge in [0.05, 0.1) is 13.7 Å². The zero-order chi connectivity index (χ0) is 18.3. The molecule has 1 aromatic rings. The lowest BCUT2D eigenvalue weighted by Gasteiger charge is -2.12. The summed E-state index contributed by atoms with van der Waals surface area (Å²) in [6, 6.07) is 2.70. The van der Waals surface area contributed by atoms with Gasteiger partial charge >= 0.3 is 12.1 Å². The van der Waals surface area contributed by atoms with Crippen molar-refractivity contribution >= 4 is 17.5 Å². The van der Waals surface area contributed by atoms with E-state index >= 15 is 0 Å². The number of ketones is 1. The summed E-state index contributed by atoms with van der Waals surface area (Å²) >= 11 is 0. The Balaban J connectivity index is 3.06. The first-order chi connectivity index (χ1) is 11.2. The van der Waals surface area contributed by atoms with Crippen LogP contribution in [0.1, 0.15) is 12.5 Å². The van der Waals surface area contributed by atoms with Gasteiger partial charge in [-0.2, -0.15) is 13.2 Å². The predicted octanol–water partition coefficient (Wildman–Crippen LogP) is 2.89. The van der Waals surface area contributed by atoms with Gasteiger partial charge in [0.2, 0.25) is 0 Å². The molecule has 0 unspecified atom stereocenters. The summed E-state index contributed by atoms with van der Waals surface area (Å²) in [7, 11) is 1.14. The van der Waals surface area contributed by atoms with Gasteiger partial charge in [0.15, 0.2) is 6.61 Å². The summed E-state index contributed by atoms with van der Waals surface area (Å²) in [6.45, 7) is -0.122. The molecule has 0 saturated heterocycles. The molecular formula is C15H14F4O5. The van der Waals surface area contributed by atoms with E-state index in [9.17, 15) is 27.2 Å². The molecule has 0 atom stereocenters. The fourth-order valence-electron chi connectivity index (χ4n) is 1.59. The molecule has 0 aliphatic carbocycles. The van der Waals surface area contributed by atoms with Gasteiger partial charge in [0.1, 0.15) is 17.3 Å². The highest BCUT2D eigenvalue weighted by molar-refractivity contribution is 6.39. The van der Waals surface area contributed by atoms with Crippen LogP contribution in [0.4, 0.5) is 17.6 Å². The van der Waals surface area contributed by atoms with Crippen molar-refractivity contribution in [1.29, 1.82) is 0 Å². The fraction of sp³-hybridized carbons (Fsp3) is 0.333. The number of halogens is 4. The minimum Gasteiger partial charge on any atom is -0.496 e. The van der Waals surface area contributed by atoms with Crippen LogP contribution in [0, 0.1) is 5.82 Å². The predicted molar refractivity (Wildman–Crippen MR) is 74.6 cm³/mol. The first-order valence-corrected chi connectivity index (χ1v) is 6.63. The Morgan fingerprint density at radius 3 is 2.42 bits per heavy atom. The molecule has 5 nitrogen and oxygen atoms in total. The zero-order valence-corrected chi connectivity index (χ0v) is 12.8. The Hall–Kier alpha value is -2.58. The van der Waals surface area contributed by atoms with Crippen LogP contribution in [-0.2, 0) is 19.1 Å². The van der Waals surface area contributed by atoms with Crippen LogP contribution in [0.25, 0.3) is 5.76 Å². The zero-order valence-electron chi connectivity index (χ0n) is 12.8. The lowest BCUT2D eigenvalue weighted by Crippen LogP contribution is -2.19. The molecule has 0 heterocycles. The van der Waals surface area contributed by atoms with Crippen LogP contribution >= 0.6 is 0 Å². The molecule has 0 bridgehead atoms. The number of benzene rings is 1. The van der Waals surface area contributed by atoms with Crippen molar-refractivity contribution in [1.82, 2.24) is 0 Å². The van der Waals surface area contributed by atoms with E-state index in [0.29, 0.717) is 0 Å². The largest absolute Gasteiger partial charge is 0.496 e. The van der Waals surface area contributed by atoms with Gasteiger partial charge in [-0.15, -0.1) is 0 Å². The van der Waals surface area contributed by atoms with Gasteiger partial charge in [0, 0.05) is 17.7 Å². The second-order valence-electron chi connectivity index (χ2n) is 4.38. The maximum absolute atomic E-state index is 13.5. The number of hydrogen-bond donors (Lipinski definition) is 0. The molecule has 24 heavy (non-hydrogen) atoms. The number of carbonyl (C=O) groups is 2. The molecule has 132 valence electrons. The van der Waals surface area contributed by atoms with E-state index in [1.807, 2.05) is 0 Å². The summed E-state index contributed by atoms with van der Waals surface area (Å²) < 4.78 is 63.8. The summed E-state index contributed by atoms with van der Waals surface area (Å²) in [5.41, 5.74) is -0.0766. The molecule has 0 spiro atoms. The van der Waals surface area contributed by atoms with Crippen LogP contribution in [0.2, 0.25) is 0 Å². The van der Waals surface area contributed by atoms with Crippen LogP contribution in [0.5, 0.6) is 5.75 Å². The van der Waals surface area contributed by atoms with Crippen LogP contribution in [-0.4, -0.2) is 38.3 Å². The quantitative estimate of drug-likeness (QED) is 0.249. The molecule has 0 aliphatic heterocycles. The third-order valence-electron chi connectivity index (χ3n) is 2.52. The average Bonchev–Trinajstić information content (AvgIpc) is 2.49. The van der Waals surface area contributed by atoms with Gasteiger partial charge in [-0.3, -0.25) is 4.79 Å². The highest BCUT2D eigenvalue weighted by Crippen LogP contribution is 2.25. The van der Waals surface area contributed by atoms with Crippen LogP contribution < -0.4 is 4.74 Å². The summed E-state index contributed by atoms with van der Waals surface area (Å²) in [5, 5.41) is 0. The molecule has 0 aromatic heterocycles. The summed E-state index contributed by atoms with van der Waals surface area (Å²) in [5.74, 6) is -3.75. The van der Waals surface area contributed by atoms with Gasteiger partial charge in [-0.05, 0) is 19.1 Å². The number of hydrogen-bond acceptors (Lipinski definition) is 5. The van der Waals surface area contributed by atoms with Gasteiger partial charge in [0.25, 0.3) is 5.78 Å². The van der Waals surface area contributed by atoms with E-state index in [1.165, 1.54) is 6.92 Å². The monoisotopic (exact) mass is 350 g/mol.